The molecule has 0 fully saturated rings. The number of aromatic amines is 2. The number of allylic oxidation sites excluding steroid dienone is 5. The van der Waals surface area contributed by atoms with Crippen LogP contribution in [0.25, 0.3) is 50.2 Å². The van der Waals surface area contributed by atoms with Gasteiger partial charge in [-0.1, -0.05) is 55.1 Å². The molecular weight excluding hydrogens is 501 g/mol. The topological polar surface area (TPSA) is 95.2 Å². The molecule has 0 bridgehead atoms. The number of anilines is 1. The lowest BCUT2D eigenvalue weighted by atomic mass is 10.0. The minimum atomic E-state index is -0.429. The van der Waals surface area contributed by atoms with Gasteiger partial charge < -0.3 is 10.3 Å². The molecule has 0 saturated heterocycles. The molecule has 4 aromatic heterocycles. The fraction of sp³-hybridized carbons (Fsp3) is 0.0625. The molecule has 40 heavy (non-hydrogen) atoms. The minimum Gasteiger partial charge on any atom is -0.358 e. The van der Waals surface area contributed by atoms with Crippen LogP contribution < -0.4 is 5.32 Å². The van der Waals surface area contributed by atoms with E-state index in [1.807, 2.05) is 36.4 Å². The summed E-state index contributed by atoms with van der Waals surface area (Å²) in [5.74, 6) is 0.137. The zero-order valence-electron chi connectivity index (χ0n) is 21.4. The van der Waals surface area contributed by atoms with Gasteiger partial charge in [0.2, 0.25) is 0 Å². The molecule has 6 aromatic rings. The SMILES string of the molecule is C=C(Cc1ccccc1)Nc1cncc(-c2cc(F)c3n[nH]c(-c4nc5c(C6=CCC=C6)nccc5[nH]4)c3c2)c1. The predicted molar refractivity (Wildman–Crippen MR) is 157 cm³/mol. The van der Waals surface area contributed by atoms with Crippen molar-refractivity contribution in [3.8, 4) is 22.6 Å². The van der Waals surface area contributed by atoms with Crippen molar-refractivity contribution >= 4 is 33.2 Å². The molecule has 8 heteroatoms. The van der Waals surface area contributed by atoms with Crippen LogP contribution in [0.3, 0.4) is 0 Å². The van der Waals surface area contributed by atoms with Gasteiger partial charge in [-0.2, -0.15) is 5.10 Å². The van der Waals surface area contributed by atoms with E-state index in [-0.39, 0.29) is 5.52 Å². The highest BCUT2D eigenvalue weighted by Crippen LogP contribution is 2.34. The van der Waals surface area contributed by atoms with Crippen molar-refractivity contribution < 1.29 is 4.39 Å². The van der Waals surface area contributed by atoms with Gasteiger partial charge in [-0.25, -0.2) is 9.37 Å². The summed E-state index contributed by atoms with van der Waals surface area (Å²) in [6.45, 7) is 4.16. The van der Waals surface area contributed by atoms with Crippen LogP contribution in [0.4, 0.5) is 10.1 Å². The predicted octanol–water partition coefficient (Wildman–Crippen LogP) is 7.21. The van der Waals surface area contributed by atoms with Crippen molar-refractivity contribution in [3.05, 3.63) is 121 Å². The van der Waals surface area contributed by atoms with Crippen molar-refractivity contribution in [2.75, 3.05) is 5.32 Å². The number of imidazole rings is 1. The van der Waals surface area contributed by atoms with Gasteiger partial charge in [0.15, 0.2) is 11.6 Å². The van der Waals surface area contributed by atoms with Gasteiger partial charge in [0, 0.05) is 35.5 Å². The van der Waals surface area contributed by atoms with Crippen molar-refractivity contribution in [3.63, 3.8) is 0 Å². The standard InChI is InChI=1S/C32H24FN7/c1-19(13-20-7-3-2-4-8-20)36-24-14-23(17-34-18-24)22-15-25-29(26(33)16-22)39-40-30(25)32-37-27-11-12-35-28(31(27)38-32)21-9-5-6-10-21/h2-5,7-12,14-18,36H,1,6,13H2,(H,37,38)(H,39,40). The van der Waals surface area contributed by atoms with E-state index in [2.05, 4.69) is 67.4 Å². The van der Waals surface area contributed by atoms with Gasteiger partial charge in [0.1, 0.15) is 16.7 Å². The second-order valence-electron chi connectivity index (χ2n) is 9.74. The van der Waals surface area contributed by atoms with E-state index in [1.165, 1.54) is 6.07 Å². The lowest BCUT2D eigenvalue weighted by Crippen LogP contribution is -2.02. The van der Waals surface area contributed by atoms with Crippen LogP contribution in [0.15, 0.2) is 104 Å². The van der Waals surface area contributed by atoms with Crippen molar-refractivity contribution in [2.24, 2.45) is 0 Å². The average Bonchev–Trinajstić information content (AvgIpc) is 3.73. The number of hydrogen-bond acceptors (Lipinski definition) is 5. The van der Waals surface area contributed by atoms with Gasteiger partial charge in [-0.15, -0.1) is 0 Å². The van der Waals surface area contributed by atoms with Gasteiger partial charge in [0.25, 0.3) is 0 Å². The summed E-state index contributed by atoms with van der Waals surface area (Å²) < 4.78 is 15.3. The van der Waals surface area contributed by atoms with E-state index < -0.39 is 5.82 Å². The summed E-state index contributed by atoms with van der Waals surface area (Å²) in [6.07, 6.45) is 13.0. The Balaban J connectivity index is 1.23. The Bertz CT molecular complexity index is 1960. The molecule has 0 spiro atoms. The van der Waals surface area contributed by atoms with Crippen LogP contribution in [0, 0.1) is 5.82 Å². The number of benzene rings is 2. The molecular formula is C32H24FN7. The Morgan fingerprint density at radius 3 is 2.77 bits per heavy atom. The molecule has 0 atom stereocenters. The number of nitrogens with zero attached hydrogens (tertiary/aromatic N) is 4. The fourth-order valence-electron chi connectivity index (χ4n) is 5.08. The monoisotopic (exact) mass is 525 g/mol. The number of halogens is 1. The van der Waals surface area contributed by atoms with Crippen LogP contribution in [0.5, 0.6) is 0 Å². The molecule has 4 heterocycles. The lowest BCUT2D eigenvalue weighted by Gasteiger charge is -2.11. The van der Waals surface area contributed by atoms with E-state index in [4.69, 9.17) is 4.98 Å². The summed E-state index contributed by atoms with van der Waals surface area (Å²) in [5, 5.41) is 11.2. The summed E-state index contributed by atoms with van der Waals surface area (Å²) in [5.41, 5.74) is 8.53. The lowest BCUT2D eigenvalue weighted by molar-refractivity contribution is 0.636. The first-order chi connectivity index (χ1) is 19.6. The Hall–Kier alpha value is -5.37. The van der Waals surface area contributed by atoms with Crippen molar-refractivity contribution in [1.29, 1.82) is 0 Å². The van der Waals surface area contributed by atoms with Crippen molar-refractivity contribution in [2.45, 2.75) is 12.8 Å². The molecule has 0 amide bonds. The number of H-pyrrole nitrogens is 2. The maximum Gasteiger partial charge on any atom is 0.157 e. The normalized spacial score (nSPS) is 12.8. The zero-order valence-corrected chi connectivity index (χ0v) is 21.4. The van der Waals surface area contributed by atoms with Crippen LogP contribution in [0.1, 0.15) is 17.7 Å². The van der Waals surface area contributed by atoms with Gasteiger partial charge >= 0.3 is 0 Å². The molecule has 7 rings (SSSR count). The highest BCUT2D eigenvalue weighted by molar-refractivity contribution is 5.98. The number of pyridine rings is 2. The summed E-state index contributed by atoms with van der Waals surface area (Å²) >= 11 is 0. The Morgan fingerprint density at radius 1 is 1.02 bits per heavy atom. The third kappa shape index (κ3) is 4.35. The third-order valence-electron chi connectivity index (χ3n) is 6.95. The maximum atomic E-state index is 15.3. The van der Waals surface area contributed by atoms with Gasteiger partial charge in [-0.05, 0) is 47.4 Å². The quantitative estimate of drug-likeness (QED) is 0.205. The van der Waals surface area contributed by atoms with Crippen LogP contribution >= 0.6 is 0 Å². The number of fused-ring (bicyclic) bond motifs is 2. The first-order valence-corrected chi connectivity index (χ1v) is 13.0. The Morgan fingerprint density at radius 2 is 1.93 bits per heavy atom. The molecule has 1 aliphatic carbocycles. The van der Waals surface area contributed by atoms with Gasteiger partial charge in [-0.3, -0.25) is 15.1 Å². The van der Waals surface area contributed by atoms with E-state index in [0.717, 1.165) is 51.2 Å². The smallest absolute Gasteiger partial charge is 0.157 e. The summed E-state index contributed by atoms with van der Waals surface area (Å²) in [6, 6.07) is 17.3. The number of hydrogen-bond donors (Lipinski definition) is 3. The molecule has 7 nitrogen and oxygen atoms in total. The number of rotatable bonds is 7. The van der Waals surface area contributed by atoms with Crippen LogP contribution in [0.2, 0.25) is 0 Å². The van der Waals surface area contributed by atoms with Crippen LogP contribution in [-0.2, 0) is 6.42 Å². The summed E-state index contributed by atoms with van der Waals surface area (Å²) in [7, 11) is 0. The van der Waals surface area contributed by atoms with E-state index in [0.29, 0.717) is 28.9 Å². The Kier molecular flexibility index (Phi) is 5.78. The molecule has 0 radical (unpaired) electrons. The second kappa shape index (κ2) is 9.74. The average molecular weight is 526 g/mol. The number of aromatic nitrogens is 6. The van der Waals surface area contributed by atoms with E-state index >= 15 is 4.39 Å². The first-order valence-electron chi connectivity index (χ1n) is 13.0. The van der Waals surface area contributed by atoms with Crippen molar-refractivity contribution in [1.82, 2.24) is 30.1 Å². The second-order valence-corrected chi connectivity index (χ2v) is 9.74. The molecule has 0 saturated carbocycles. The molecule has 0 unspecified atom stereocenters. The van der Waals surface area contributed by atoms with Gasteiger partial charge in [0.05, 0.1) is 23.1 Å². The minimum absolute atomic E-state index is 0.248. The third-order valence-corrected chi connectivity index (χ3v) is 6.95. The summed E-state index contributed by atoms with van der Waals surface area (Å²) in [4.78, 5) is 17.1. The number of nitrogens with one attached hydrogen (secondary N) is 3. The molecule has 194 valence electrons. The van der Waals surface area contributed by atoms with E-state index in [1.54, 1.807) is 18.6 Å². The first kappa shape index (κ1) is 23.7. The highest BCUT2D eigenvalue weighted by Gasteiger charge is 2.19. The maximum absolute atomic E-state index is 15.3. The zero-order chi connectivity index (χ0) is 27.1. The molecule has 1 aliphatic rings. The van der Waals surface area contributed by atoms with E-state index in [9.17, 15) is 0 Å². The highest BCUT2D eigenvalue weighted by atomic mass is 19.1. The molecule has 2 aromatic carbocycles. The Labute approximate surface area is 229 Å². The molecule has 3 N–H and O–H groups in total. The van der Waals surface area contributed by atoms with Crippen LogP contribution in [-0.4, -0.2) is 30.1 Å². The molecule has 0 aliphatic heterocycles. The largest absolute Gasteiger partial charge is 0.358 e. The fourth-order valence-corrected chi connectivity index (χ4v) is 5.08.